The lowest BCUT2D eigenvalue weighted by molar-refractivity contribution is -0.124. The first-order valence-electron chi connectivity index (χ1n) is 10.5. The van der Waals surface area contributed by atoms with E-state index in [4.69, 9.17) is 27.9 Å². The molecule has 0 spiro atoms. The number of benzene rings is 2. The Morgan fingerprint density at radius 1 is 1.12 bits per heavy atom. The van der Waals surface area contributed by atoms with Gasteiger partial charge in [0.2, 0.25) is 5.91 Å². The van der Waals surface area contributed by atoms with Crippen molar-refractivity contribution in [1.82, 2.24) is 10.2 Å². The van der Waals surface area contributed by atoms with E-state index in [0.717, 1.165) is 12.0 Å². The van der Waals surface area contributed by atoms with Crippen molar-refractivity contribution in [2.24, 2.45) is 0 Å². The van der Waals surface area contributed by atoms with Crippen molar-refractivity contribution >= 4 is 46.8 Å². The first-order valence-corrected chi connectivity index (χ1v) is 11.2. The van der Waals surface area contributed by atoms with Crippen molar-refractivity contribution in [2.75, 3.05) is 25.0 Å². The van der Waals surface area contributed by atoms with Gasteiger partial charge >= 0.3 is 12.0 Å². The quantitative estimate of drug-likeness (QED) is 0.573. The van der Waals surface area contributed by atoms with E-state index in [2.05, 4.69) is 10.6 Å². The average molecular weight is 478 g/mol. The molecule has 1 saturated heterocycles. The Kier molecular flexibility index (Phi) is 8.36. The number of urea groups is 1. The number of nitrogens with one attached hydrogen (secondary N) is 2. The van der Waals surface area contributed by atoms with Gasteiger partial charge in [0, 0.05) is 28.8 Å². The van der Waals surface area contributed by atoms with Gasteiger partial charge in [-0.1, -0.05) is 29.3 Å². The number of likely N-dealkylation sites (tertiary alicyclic amines) is 1. The predicted molar refractivity (Wildman–Crippen MR) is 124 cm³/mol. The zero-order chi connectivity index (χ0) is 23.1. The van der Waals surface area contributed by atoms with Gasteiger partial charge in [-0.2, -0.15) is 0 Å². The van der Waals surface area contributed by atoms with Gasteiger partial charge in [0.25, 0.3) is 0 Å². The average Bonchev–Trinajstić information content (AvgIpc) is 3.26. The molecule has 2 N–H and O–H groups in total. The third-order valence-electron chi connectivity index (χ3n) is 5.17. The van der Waals surface area contributed by atoms with Gasteiger partial charge in [0.1, 0.15) is 6.04 Å². The standard InChI is InChI=1S/C23H25Cl2N3O4/c1-2-32-22(30)16-6-9-18(10-7-16)27-23(31)28-13-3-4-20(28)21(29)26-12-11-15-5-8-17(24)14-19(15)25/h5-10,14,20H,2-4,11-13H2,1H3,(H,26,29)(H,27,31). The molecule has 2 aromatic rings. The smallest absolute Gasteiger partial charge is 0.338 e. The molecule has 1 heterocycles. The van der Waals surface area contributed by atoms with E-state index in [0.29, 0.717) is 53.8 Å². The third-order valence-corrected chi connectivity index (χ3v) is 5.76. The SMILES string of the molecule is CCOC(=O)c1ccc(NC(=O)N2CCCC2C(=O)NCCc2ccc(Cl)cc2Cl)cc1. The summed E-state index contributed by atoms with van der Waals surface area (Å²) in [6.45, 7) is 2.93. The zero-order valence-corrected chi connectivity index (χ0v) is 19.2. The molecule has 9 heteroatoms. The fourth-order valence-electron chi connectivity index (χ4n) is 3.54. The van der Waals surface area contributed by atoms with Gasteiger partial charge in [-0.05, 0) is 68.1 Å². The molecule has 0 saturated carbocycles. The highest BCUT2D eigenvalue weighted by Gasteiger charge is 2.34. The maximum Gasteiger partial charge on any atom is 0.338 e. The zero-order valence-electron chi connectivity index (χ0n) is 17.7. The van der Waals surface area contributed by atoms with E-state index < -0.39 is 12.0 Å². The monoisotopic (exact) mass is 477 g/mol. The van der Waals surface area contributed by atoms with Crippen molar-refractivity contribution in [3.63, 3.8) is 0 Å². The van der Waals surface area contributed by atoms with E-state index in [1.54, 1.807) is 43.3 Å². The Balaban J connectivity index is 1.53. The molecule has 0 radical (unpaired) electrons. The van der Waals surface area contributed by atoms with Gasteiger partial charge in [-0.3, -0.25) is 4.79 Å². The summed E-state index contributed by atoms with van der Waals surface area (Å²) in [6.07, 6.45) is 1.91. The summed E-state index contributed by atoms with van der Waals surface area (Å²) in [5.74, 6) is -0.609. The summed E-state index contributed by atoms with van der Waals surface area (Å²) in [4.78, 5) is 38.7. The largest absolute Gasteiger partial charge is 0.462 e. The summed E-state index contributed by atoms with van der Waals surface area (Å²) in [6, 6.07) is 10.8. The minimum absolute atomic E-state index is 0.194. The van der Waals surface area contributed by atoms with Gasteiger partial charge in [0.15, 0.2) is 0 Å². The van der Waals surface area contributed by atoms with Crippen LogP contribution >= 0.6 is 23.2 Å². The van der Waals surface area contributed by atoms with Gasteiger partial charge in [-0.15, -0.1) is 0 Å². The molecular weight excluding hydrogens is 453 g/mol. The van der Waals surface area contributed by atoms with Crippen LogP contribution in [0.15, 0.2) is 42.5 Å². The van der Waals surface area contributed by atoms with Gasteiger partial charge in [-0.25, -0.2) is 9.59 Å². The summed E-state index contributed by atoms with van der Waals surface area (Å²) < 4.78 is 4.95. The number of carbonyl (C=O) groups is 3. The molecule has 1 aliphatic heterocycles. The van der Waals surface area contributed by atoms with Crippen LogP contribution in [0.25, 0.3) is 0 Å². The molecule has 0 aliphatic carbocycles. The van der Waals surface area contributed by atoms with Crippen LogP contribution in [0.5, 0.6) is 0 Å². The van der Waals surface area contributed by atoms with Crippen molar-refractivity contribution in [3.05, 3.63) is 63.6 Å². The third kappa shape index (κ3) is 6.14. The molecule has 7 nitrogen and oxygen atoms in total. The Morgan fingerprint density at radius 2 is 1.88 bits per heavy atom. The molecular formula is C23H25Cl2N3O4. The van der Waals surface area contributed by atoms with Gasteiger partial charge in [0.05, 0.1) is 12.2 Å². The minimum atomic E-state index is -0.533. The predicted octanol–water partition coefficient (Wildman–Crippen LogP) is 4.53. The summed E-state index contributed by atoms with van der Waals surface area (Å²) in [5.41, 5.74) is 1.83. The Morgan fingerprint density at radius 3 is 2.56 bits per heavy atom. The highest BCUT2D eigenvalue weighted by atomic mass is 35.5. The number of amides is 3. The molecule has 1 fully saturated rings. The number of esters is 1. The van der Waals surface area contributed by atoms with Crippen LogP contribution < -0.4 is 10.6 Å². The van der Waals surface area contributed by atoms with Crippen molar-refractivity contribution in [2.45, 2.75) is 32.2 Å². The fourth-order valence-corrected chi connectivity index (χ4v) is 4.05. The maximum absolute atomic E-state index is 12.7. The first kappa shape index (κ1) is 23.9. The molecule has 1 unspecified atom stereocenters. The second-order valence-electron chi connectivity index (χ2n) is 7.36. The molecule has 1 atom stereocenters. The topological polar surface area (TPSA) is 87.7 Å². The number of nitrogens with zero attached hydrogens (tertiary/aromatic N) is 1. The van der Waals surface area contributed by atoms with Crippen LogP contribution in [0.4, 0.5) is 10.5 Å². The van der Waals surface area contributed by atoms with Crippen molar-refractivity contribution in [1.29, 1.82) is 0 Å². The van der Waals surface area contributed by atoms with E-state index in [9.17, 15) is 14.4 Å². The number of rotatable bonds is 7. The molecule has 3 amide bonds. The van der Waals surface area contributed by atoms with Crippen molar-refractivity contribution < 1.29 is 19.1 Å². The van der Waals surface area contributed by atoms with Crippen LogP contribution in [0.1, 0.15) is 35.7 Å². The lowest BCUT2D eigenvalue weighted by atomic mass is 10.1. The van der Waals surface area contributed by atoms with Gasteiger partial charge < -0.3 is 20.3 Å². The van der Waals surface area contributed by atoms with Crippen LogP contribution in [0.3, 0.4) is 0 Å². The van der Waals surface area contributed by atoms with E-state index in [1.807, 2.05) is 6.07 Å². The number of anilines is 1. The lowest BCUT2D eigenvalue weighted by Crippen LogP contribution is -2.47. The number of hydrogen-bond acceptors (Lipinski definition) is 4. The Hall–Kier alpha value is -2.77. The van der Waals surface area contributed by atoms with E-state index >= 15 is 0 Å². The number of halogens is 2. The normalized spacial score (nSPS) is 15.3. The molecule has 170 valence electrons. The molecule has 2 aromatic carbocycles. The van der Waals surface area contributed by atoms with Crippen LogP contribution in [-0.4, -0.2) is 48.5 Å². The van der Waals surface area contributed by atoms with Crippen LogP contribution in [0, 0.1) is 0 Å². The second-order valence-corrected chi connectivity index (χ2v) is 8.20. The summed E-state index contributed by atoms with van der Waals surface area (Å²) >= 11 is 12.1. The van der Waals surface area contributed by atoms with Crippen molar-refractivity contribution in [3.8, 4) is 0 Å². The molecule has 0 bridgehead atoms. The van der Waals surface area contributed by atoms with E-state index in [1.165, 1.54) is 4.90 Å². The number of hydrogen-bond donors (Lipinski definition) is 2. The molecule has 3 rings (SSSR count). The highest BCUT2D eigenvalue weighted by Crippen LogP contribution is 2.22. The molecule has 32 heavy (non-hydrogen) atoms. The lowest BCUT2D eigenvalue weighted by Gasteiger charge is -2.24. The van der Waals surface area contributed by atoms with Crippen LogP contribution in [0.2, 0.25) is 10.0 Å². The van der Waals surface area contributed by atoms with E-state index in [-0.39, 0.29) is 11.9 Å². The Bertz CT molecular complexity index is 982. The molecule has 0 aromatic heterocycles. The van der Waals surface area contributed by atoms with Crippen LogP contribution in [-0.2, 0) is 16.0 Å². The first-order chi connectivity index (χ1) is 15.4. The molecule has 1 aliphatic rings. The summed E-state index contributed by atoms with van der Waals surface area (Å²) in [7, 11) is 0. The summed E-state index contributed by atoms with van der Waals surface area (Å²) in [5, 5.41) is 6.80. The highest BCUT2D eigenvalue weighted by molar-refractivity contribution is 6.35. The Labute approximate surface area is 197 Å². The maximum atomic E-state index is 12.7. The number of carbonyl (C=O) groups excluding carboxylic acids is 3. The second kappa shape index (κ2) is 11.2. The fraction of sp³-hybridized carbons (Fsp3) is 0.348. The number of ether oxygens (including phenoxy) is 1. The minimum Gasteiger partial charge on any atom is -0.462 e.